The van der Waals surface area contributed by atoms with E-state index in [1.165, 1.54) is 0 Å². The van der Waals surface area contributed by atoms with Gasteiger partial charge in [-0.2, -0.15) is 0 Å². The third-order valence-corrected chi connectivity index (χ3v) is 2.41. The van der Waals surface area contributed by atoms with E-state index in [1.54, 1.807) is 7.11 Å². The number of ether oxygens (including phenoxy) is 1. The molecule has 0 bridgehead atoms. The van der Waals surface area contributed by atoms with E-state index in [1.807, 2.05) is 38.2 Å². The predicted molar refractivity (Wildman–Crippen MR) is 69.8 cm³/mol. The Balaban J connectivity index is 0.00000128. The Labute approximate surface area is 101 Å². The minimum Gasteiger partial charge on any atom is -0.497 e. The third-order valence-electron chi connectivity index (χ3n) is 2.41. The zero-order valence-electron chi connectivity index (χ0n) is 9.57. The Morgan fingerprint density at radius 1 is 1.25 bits per heavy atom. The third kappa shape index (κ3) is 2.19. The molecule has 1 N–H and O–H groups in total. The summed E-state index contributed by atoms with van der Waals surface area (Å²) in [6.07, 6.45) is 0. The van der Waals surface area contributed by atoms with Crippen LogP contribution >= 0.6 is 12.4 Å². The highest BCUT2D eigenvalue weighted by molar-refractivity contribution is 5.92. The Hall–Kier alpha value is -1.48. The molecule has 86 valence electrons. The first kappa shape index (κ1) is 12.6. The summed E-state index contributed by atoms with van der Waals surface area (Å²) in [5.74, 6) is 0.852. The number of fused-ring (bicyclic) bond motifs is 1. The molecule has 4 heteroatoms. The molecule has 0 atom stereocenters. The summed E-state index contributed by atoms with van der Waals surface area (Å²) in [7, 11) is 3.58. The fourth-order valence-electron chi connectivity index (χ4n) is 1.67. The molecule has 0 amide bonds. The van der Waals surface area contributed by atoms with E-state index in [-0.39, 0.29) is 12.4 Å². The fraction of sp³-hybridized carbons (Fsp3) is 0.250. The van der Waals surface area contributed by atoms with Gasteiger partial charge in [0.15, 0.2) is 0 Å². The van der Waals surface area contributed by atoms with E-state index in [9.17, 15) is 0 Å². The first-order chi connectivity index (χ1) is 7.24. The van der Waals surface area contributed by atoms with Crippen molar-refractivity contribution in [1.82, 2.24) is 4.98 Å². The Bertz CT molecular complexity index is 500. The Morgan fingerprint density at radius 3 is 2.62 bits per heavy atom. The zero-order valence-corrected chi connectivity index (χ0v) is 10.4. The lowest BCUT2D eigenvalue weighted by Crippen LogP contribution is -1.94. The molecular formula is C12H15ClN2O. The molecule has 1 heterocycles. The number of nitrogens with zero attached hydrogens (tertiary/aromatic N) is 1. The monoisotopic (exact) mass is 238 g/mol. The number of benzene rings is 1. The van der Waals surface area contributed by atoms with Crippen molar-refractivity contribution < 1.29 is 4.74 Å². The number of hydrogen-bond acceptors (Lipinski definition) is 3. The summed E-state index contributed by atoms with van der Waals surface area (Å²) in [6, 6.07) is 7.92. The molecule has 3 nitrogen and oxygen atoms in total. The van der Waals surface area contributed by atoms with Crippen LogP contribution in [0.2, 0.25) is 0 Å². The SMILES string of the molecule is CNc1cc(C)nc2ccc(OC)cc12.Cl. The minimum absolute atomic E-state index is 0. The van der Waals surface area contributed by atoms with Crippen LogP contribution in [0, 0.1) is 6.92 Å². The van der Waals surface area contributed by atoms with Crippen molar-refractivity contribution >= 4 is 29.0 Å². The summed E-state index contributed by atoms with van der Waals surface area (Å²) < 4.78 is 5.20. The fourth-order valence-corrected chi connectivity index (χ4v) is 1.67. The summed E-state index contributed by atoms with van der Waals surface area (Å²) in [6.45, 7) is 1.99. The number of aryl methyl sites for hydroxylation is 1. The van der Waals surface area contributed by atoms with E-state index in [2.05, 4.69) is 10.3 Å². The second kappa shape index (κ2) is 5.03. The normalized spacial score (nSPS) is 9.69. The molecule has 1 aromatic carbocycles. The van der Waals surface area contributed by atoms with Crippen molar-refractivity contribution in [3.05, 3.63) is 30.0 Å². The van der Waals surface area contributed by atoms with Crippen molar-refractivity contribution in [1.29, 1.82) is 0 Å². The van der Waals surface area contributed by atoms with Gasteiger partial charge in [-0.1, -0.05) is 0 Å². The molecule has 0 radical (unpaired) electrons. The van der Waals surface area contributed by atoms with Crippen LogP contribution < -0.4 is 10.1 Å². The lowest BCUT2D eigenvalue weighted by Gasteiger charge is -2.08. The second-order valence-electron chi connectivity index (χ2n) is 3.44. The number of methoxy groups -OCH3 is 1. The highest BCUT2D eigenvalue weighted by Crippen LogP contribution is 2.26. The van der Waals surface area contributed by atoms with E-state index in [4.69, 9.17) is 4.74 Å². The maximum Gasteiger partial charge on any atom is 0.119 e. The van der Waals surface area contributed by atoms with Gasteiger partial charge < -0.3 is 10.1 Å². The molecule has 16 heavy (non-hydrogen) atoms. The molecule has 0 saturated carbocycles. The van der Waals surface area contributed by atoms with Crippen LogP contribution in [0.3, 0.4) is 0 Å². The molecule has 0 fully saturated rings. The van der Waals surface area contributed by atoms with Gasteiger partial charge in [-0.25, -0.2) is 0 Å². The topological polar surface area (TPSA) is 34.2 Å². The molecule has 2 rings (SSSR count). The van der Waals surface area contributed by atoms with Gasteiger partial charge in [0, 0.05) is 23.8 Å². The van der Waals surface area contributed by atoms with Gasteiger partial charge in [0.05, 0.1) is 12.6 Å². The van der Waals surface area contributed by atoms with Gasteiger partial charge in [0.2, 0.25) is 0 Å². The van der Waals surface area contributed by atoms with Crippen molar-refractivity contribution in [2.75, 3.05) is 19.5 Å². The number of anilines is 1. The van der Waals surface area contributed by atoms with Gasteiger partial charge in [-0.05, 0) is 31.2 Å². The number of halogens is 1. The summed E-state index contributed by atoms with van der Waals surface area (Å²) >= 11 is 0. The average Bonchev–Trinajstić information content (AvgIpc) is 2.27. The lowest BCUT2D eigenvalue weighted by atomic mass is 10.1. The maximum atomic E-state index is 5.20. The van der Waals surface area contributed by atoms with Crippen molar-refractivity contribution in [2.45, 2.75) is 6.92 Å². The van der Waals surface area contributed by atoms with E-state index < -0.39 is 0 Å². The molecule has 1 aromatic heterocycles. The Kier molecular flexibility index (Phi) is 3.96. The van der Waals surface area contributed by atoms with E-state index >= 15 is 0 Å². The van der Waals surface area contributed by atoms with Crippen molar-refractivity contribution in [3.63, 3.8) is 0 Å². The molecule has 0 aliphatic carbocycles. The van der Waals surface area contributed by atoms with E-state index in [0.29, 0.717) is 0 Å². The van der Waals surface area contributed by atoms with Gasteiger partial charge in [0.25, 0.3) is 0 Å². The van der Waals surface area contributed by atoms with Crippen LogP contribution in [0.1, 0.15) is 5.69 Å². The first-order valence-electron chi connectivity index (χ1n) is 4.87. The van der Waals surface area contributed by atoms with Crippen LogP contribution in [0.4, 0.5) is 5.69 Å². The van der Waals surface area contributed by atoms with Gasteiger partial charge in [0.1, 0.15) is 5.75 Å². The van der Waals surface area contributed by atoms with Crippen LogP contribution in [-0.2, 0) is 0 Å². The van der Waals surface area contributed by atoms with Crippen molar-refractivity contribution in [3.8, 4) is 5.75 Å². The summed E-state index contributed by atoms with van der Waals surface area (Å²) in [5.41, 5.74) is 3.08. The number of rotatable bonds is 2. The van der Waals surface area contributed by atoms with Gasteiger partial charge >= 0.3 is 0 Å². The number of nitrogens with one attached hydrogen (secondary N) is 1. The van der Waals surface area contributed by atoms with Gasteiger partial charge in [-0.15, -0.1) is 12.4 Å². The second-order valence-corrected chi connectivity index (χ2v) is 3.44. The number of aromatic nitrogens is 1. The molecule has 0 spiro atoms. The van der Waals surface area contributed by atoms with Crippen LogP contribution in [0.5, 0.6) is 5.75 Å². The summed E-state index contributed by atoms with van der Waals surface area (Å²) in [5, 5.41) is 4.25. The quantitative estimate of drug-likeness (QED) is 0.873. The molecule has 0 saturated heterocycles. The molecule has 0 aliphatic rings. The molecule has 2 aromatic rings. The standard InChI is InChI=1S/C12H14N2O.ClH/c1-8-6-12(13-2)10-7-9(15-3)4-5-11(10)14-8;/h4-7H,1-3H3,(H,13,14);1H. The maximum absolute atomic E-state index is 5.20. The molecule has 0 unspecified atom stereocenters. The van der Waals surface area contributed by atoms with Crippen molar-refractivity contribution in [2.24, 2.45) is 0 Å². The highest BCUT2D eigenvalue weighted by atomic mass is 35.5. The lowest BCUT2D eigenvalue weighted by molar-refractivity contribution is 0.415. The molecule has 0 aliphatic heterocycles. The van der Waals surface area contributed by atoms with Crippen LogP contribution in [0.25, 0.3) is 10.9 Å². The smallest absolute Gasteiger partial charge is 0.119 e. The first-order valence-corrected chi connectivity index (χ1v) is 4.87. The Morgan fingerprint density at radius 2 is 2.00 bits per heavy atom. The van der Waals surface area contributed by atoms with Crippen LogP contribution in [0.15, 0.2) is 24.3 Å². The van der Waals surface area contributed by atoms with E-state index in [0.717, 1.165) is 28.0 Å². The van der Waals surface area contributed by atoms with Crippen LogP contribution in [-0.4, -0.2) is 19.1 Å². The highest BCUT2D eigenvalue weighted by Gasteiger charge is 2.03. The largest absolute Gasteiger partial charge is 0.497 e. The predicted octanol–water partition coefficient (Wildman–Crippen LogP) is 3.02. The zero-order chi connectivity index (χ0) is 10.8. The average molecular weight is 239 g/mol. The number of pyridine rings is 1. The molecular weight excluding hydrogens is 224 g/mol. The summed E-state index contributed by atoms with van der Waals surface area (Å²) in [4.78, 5) is 4.46. The number of hydrogen-bond donors (Lipinski definition) is 1. The minimum atomic E-state index is 0. The van der Waals surface area contributed by atoms with Gasteiger partial charge in [-0.3, -0.25) is 4.98 Å².